The van der Waals surface area contributed by atoms with Crippen LogP contribution in [-0.2, 0) is 4.79 Å². The Labute approximate surface area is 98.2 Å². The number of amides is 1. The lowest BCUT2D eigenvalue weighted by Crippen LogP contribution is -2.16. The second kappa shape index (κ2) is 4.12. The van der Waals surface area contributed by atoms with Crippen LogP contribution in [-0.4, -0.2) is 15.8 Å². The summed E-state index contributed by atoms with van der Waals surface area (Å²) in [6.45, 7) is 3.38. The fourth-order valence-electron chi connectivity index (χ4n) is 1.71. The second-order valence-corrected chi connectivity index (χ2v) is 4.30. The molecule has 1 aliphatic rings. The molecule has 6 heteroatoms. The van der Waals surface area contributed by atoms with Crippen LogP contribution in [0.5, 0.6) is 0 Å². The molecule has 0 unspecified atom stereocenters. The number of nitrogens with one attached hydrogen (secondary N) is 1. The van der Waals surface area contributed by atoms with Crippen molar-refractivity contribution in [3.05, 3.63) is 27.4 Å². The summed E-state index contributed by atoms with van der Waals surface area (Å²) in [5.41, 5.74) is 1.04. The largest absolute Gasteiger partial charge is 0.314 e. The van der Waals surface area contributed by atoms with Crippen LogP contribution in [0.15, 0.2) is 6.07 Å². The van der Waals surface area contributed by atoms with Gasteiger partial charge in [-0.15, -0.1) is 0 Å². The SMILES string of the molecule is Cc1cc(C)c([N+](=O)[O-])c(NC(=O)C2CC2)n1. The van der Waals surface area contributed by atoms with Crippen molar-refractivity contribution in [1.29, 1.82) is 0 Å². The molecule has 1 fully saturated rings. The number of pyridine rings is 1. The quantitative estimate of drug-likeness (QED) is 0.641. The van der Waals surface area contributed by atoms with Crippen LogP contribution in [0.25, 0.3) is 0 Å². The van der Waals surface area contributed by atoms with E-state index in [0.29, 0.717) is 11.3 Å². The molecule has 1 saturated carbocycles. The van der Waals surface area contributed by atoms with Crippen LogP contribution in [0.1, 0.15) is 24.1 Å². The van der Waals surface area contributed by atoms with Gasteiger partial charge in [-0.1, -0.05) is 0 Å². The van der Waals surface area contributed by atoms with Crippen LogP contribution in [0.2, 0.25) is 0 Å². The van der Waals surface area contributed by atoms with Gasteiger partial charge in [-0.3, -0.25) is 14.9 Å². The van der Waals surface area contributed by atoms with Crippen molar-refractivity contribution in [3.8, 4) is 0 Å². The zero-order valence-electron chi connectivity index (χ0n) is 9.69. The second-order valence-electron chi connectivity index (χ2n) is 4.30. The van der Waals surface area contributed by atoms with Crippen LogP contribution in [0.3, 0.4) is 0 Å². The summed E-state index contributed by atoms with van der Waals surface area (Å²) >= 11 is 0. The number of anilines is 1. The highest BCUT2D eigenvalue weighted by Gasteiger charge is 2.32. The summed E-state index contributed by atoms with van der Waals surface area (Å²) in [5, 5.41) is 13.5. The number of rotatable bonds is 3. The van der Waals surface area contributed by atoms with E-state index in [2.05, 4.69) is 10.3 Å². The zero-order valence-corrected chi connectivity index (χ0v) is 9.69. The minimum Gasteiger partial charge on any atom is -0.305 e. The van der Waals surface area contributed by atoms with E-state index < -0.39 is 4.92 Å². The maximum Gasteiger partial charge on any atom is 0.314 e. The number of carbonyl (C=O) groups is 1. The fraction of sp³-hybridized carbons (Fsp3) is 0.455. The highest BCUT2D eigenvalue weighted by Crippen LogP contribution is 2.32. The lowest BCUT2D eigenvalue weighted by atomic mass is 10.2. The maximum atomic E-state index is 11.6. The molecule has 0 atom stereocenters. The molecule has 6 nitrogen and oxygen atoms in total. The Morgan fingerprint density at radius 1 is 1.53 bits per heavy atom. The van der Waals surface area contributed by atoms with E-state index in [1.807, 2.05) is 0 Å². The molecule has 0 radical (unpaired) electrons. The Bertz CT molecular complexity index is 495. The standard InChI is InChI=1S/C11H13N3O3/c1-6-5-7(2)12-10(9(6)14(16)17)13-11(15)8-3-4-8/h5,8H,3-4H2,1-2H3,(H,12,13,15). The Kier molecular flexibility index (Phi) is 2.79. The molecular formula is C11H13N3O3. The number of hydrogen-bond donors (Lipinski definition) is 1. The van der Waals surface area contributed by atoms with Crippen molar-refractivity contribution >= 4 is 17.4 Å². The third-order valence-corrected chi connectivity index (χ3v) is 2.68. The van der Waals surface area contributed by atoms with Crippen LogP contribution in [0.4, 0.5) is 11.5 Å². The van der Waals surface area contributed by atoms with E-state index in [4.69, 9.17) is 0 Å². The summed E-state index contributed by atoms with van der Waals surface area (Å²) < 4.78 is 0. The van der Waals surface area contributed by atoms with Gasteiger partial charge in [0, 0.05) is 17.2 Å². The first-order valence-corrected chi connectivity index (χ1v) is 5.42. The monoisotopic (exact) mass is 235 g/mol. The number of nitro groups is 1. The Morgan fingerprint density at radius 3 is 2.71 bits per heavy atom. The first-order valence-electron chi connectivity index (χ1n) is 5.42. The molecule has 0 bridgehead atoms. The maximum absolute atomic E-state index is 11.6. The molecule has 0 spiro atoms. The predicted octanol–water partition coefficient (Wildman–Crippen LogP) is 1.96. The van der Waals surface area contributed by atoms with Gasteiger partial charge in [0.15, 0.2) is 0 Å². The zero-order chi connectivity index (χ0) is 12.6. The summed E-state index contributed by atoms with van der Waals surface area (Å²) in [6.07, 6.45) is 1.70. The molecule has 1 aliphatic carbocycles. The summed E-state index contributed by atoms with van der Waals surface area (Å²) in [7, 11) is 0. The van der Waals surface area contributed by atoms with E-state index in [9.17, 15) is 14.9 Å². The van der Waals surface area contributed by atoms with Crippen molar-refractivity contribution in [3.63, 3.8) is 0 Å². The smallest absolute Gasteiger partial charge is 0.305 e. The number of aromatic nitrogens is 1. The first-order chi connectivity index (χ1) is 7.99. The van der Waals surface area contributed by atoms with E-state index in [-0.39, 0.29) is 23.3 Å². The molecule has 1 aromatic heterocycles. The third kappa shape index (κ3) is 2.41. The summed E-state index contributed by atoms with van der Waals surface area (Å²) in [6, 6.07) is 1.63. The highest BCUT2D eigenvalue weighted by molar-refractivity contribution is 5.95. The third-order valence-electron chi connectivity index (χ3n) is 2.68. The minimum absolute atomic E-state index is 0.00257. The summed E-state index contributed by atoms with van der Waals surface area (Å²) in [4.78, 5) is 26.1. The van der Waals surface area contributed by atoms with Crippen LogP contribution >= 0.6 is 0 Å². The Balaban J connectivity index is 2.36. The van der Waals surface area contributed by atoms with Gasteiger partial charge in [0.25, 0.3) is 0 Å². The first kappa shape index (κ1) is 11.5. The molecule has 1 aromatic rings. The average molecular weight is 235 g/mol. The van der Waals surface area contributed by atoms with E-state index in [0.717, 1.165) is 12.8 Å². The fourth-order valence-corrected chi connectivity index (χ4v) is 1.71. The molecule has 17 heavy (non-hydrogen) atoms. The topological polar surface area (TPSA) is 85.1 Å². The van der Waals surface area contributed by atoms with Crippen molar-refractivity contribution < 1.29 is 9.72 Å². The van der Waals surface area contributed by atoms with Crippen molar-refractivity contribution in [2.75, 3.05) is 5.32 Å². The van der Waals surface area contributed by atoms with Gasteiger partial charge >= 0.3 is 5.69 Å². The Hall–Kier alpha value is -1.98. The van der Waals surface area contributed by atoms with E-state index >= 15 is 0 Å². The van der Waals surface area contributed by atoms with Gasteiger partial charge in [0.1, 0.15) is 0 Å². The molecular weight excluding hydrogens is 222 g/mol. The van der Waals surface area contributed by atoms with Gasteiger partial charge in [0.2, 0.25) is 11.7 Å². The molecule has 90 valence electrons. The van der Waals surface area contributed by atoms with Gasteiger partial charge in [0.05, 0.1) is 4.92 Å². The normalized spacial score (nSPS) is 14.5. The predicted molar refractivity (Wildman–Crippen MR) is 61.7 cm³/mol. The van der Waals surface area contributed by atoms with Crippen LogP contribution < -0.4 is 5.32 Å². The highest BCUT2D eigenvalue weighted by atomic mass is 16.6. The number of hydrogen-bond acceptors (Lipinski definition) is 4. The molecule has 1 N–H and O–H groups in total. The molecule has 1 amide bonds. The average Bonchev–Trinajstić information content (AvgIpc) is 2.97. The number of carbonyl (C=O) groups excluding carboxylic acids is 1. The van der Waals surface area contributed by atoms with Gasteiger partial charge in [-0.2, -0.15) is 0 Å². The summed E-state index contributed by atoms with van der Waals surface area (Å²) in [5.74, 6) is -0.118. The van der Waals surface area contributed by atoms with Crippen molar-refractivity contribution in [1.82, 2.24) is 4.98 Å². The lowest BCUT2D eigenvalue weighted by Gasteiger charge is -2.07. The van der Waals surface area contributed by atoms with Gasteiger partial charge < -0.3 is 5.32 Å². The van der Waals surface area contributed by atoms with Gasteiger partial charge in [-0.05, 0) is 32.8 Å². The molecule has 0 aromatic carbocycles. The molecule has 2 rings (SSSR count). The Morgan fingerprint density at radius 2 is 2.18 bits per heavy atom. The molecule has 1 heterocycles. The van der Waals surface area contributed by atoms with Crippen molar-refractivity contribution in [2.45, 2.75) is 26.7 Å². The lowest BCUT2D eigenvalue weighted by molar-refractivity contribution is -0.384. The number of aryl methyl sites for hydroxylation is 2. The van der Waals surface area contributed by atoms with Gasteiger partial charge in [-0.25, -0.2) is 4.98 Å². The van der Waals surface area contributed by atoms with Crippen molar-refractivity contribution in [2.24, 2.45) is 5.92 Å². The van der Waals surface area contributed by atoms with E-state index in [1.54, 1.807) is 19.9 Å². The number of nitrogens with zero attached hydrogens (tertiary/aromatic N) is 2. The molecule has 0 aliphatic heterocycles. The minimum atomic E-state index is -0.510. The van der Waals surface area contributed by atoms with Crippen LogP contribution in [0, 0.1) is 29.9 Å². The molecule has 0 saturated heterocycles. The van der Waals surface area contributed by atoms with E-state index in [1.165, 1.54) is 0 Å².